The van der Waals surface area contributed by atoms with Crippen LogP contribution >= 0.6 is 0 Å². The Morgan fingerprint density at radius 2 is 2.05 bits per heavy atom. The summed E-state index contributed by atoms with van der Waals surface area (Å²) in [6.07, 6.45) is 1.20. The van der Waals surface area contributed by atoms with E-state index in [1.165, 1.54) is 17.9 Å². The maximum Gasteiger partial charge on any atom is 0.333 e. The molecule has 0 amide bonds. The number of carbonyl (C=O) groups excluding carboxylic acids is 1. The van der Waals surface area contributed by atoms with Gasteiger partial charge in [-0.05, 0) is 39.4 Å². The molecule has 0 aliphatic rings. The highest BCUT2D eigenvalue weighted by molar-refractivity contribution is 5.78. The van der Waals surface area contributed by atoms with E-state index in [9.17, 15) is 9.59 Å². The lowest BCUT2D eigenvalue weighted by Crippen LogP contribution is -2.48. The maximum atomic E-state index is 12.3. The Kier molecular flexibility index (Phi) is 6.29. The summed E-state index contributed by atoms with van der Waals surface area (Å²) in [6, 6.07) is 3.19. The molecular formula is C16H27N3O3. The molecule has 0 unspecified atom stereocenters. The first kappa shape index (κ1) is 18.4. The van der Waals surface area contributed by atoms with E-state index < -0.39 is 11.5 Å². The Morgan fingerprint density at radius 3 is 2.55 bits per heavy atom. The van der Waals surface area contributed by atoms with Crippen LogP contribution in [0.1, 0.15) is 32.9 Å². The van der Waals surface area contributed by atoms with Crippen molar-refractivity contribution in [2.45, 2.75) is 39.2 Å². The number of esters is 1. The predicted octanol–water partition coefficient (Wildman–Crippen LogP) is 1.28. The Labute approximate surface area is 132 Å². The van der Waals surface area contributed by atoms with E-state index in [1.807, 2.05) is 32.8 Å². The van der Waals surface area contributed by atoms with E-state index in [4.69, 9.17) is 4.74 Å². The van der Waals surface area contributed by atoms with Gasteiger partial charge in [-0.25, -0.2) is 9.48 Å². The van der Waals surface area contributed by atoms with Crippen molar-refractivity contribution < 1.29 is 9.53 Å². The molecule has 6 heteroatoms. The molecule has 0 aromatic carbocycles. The lowest BCUT2D eigenvalue weighted by atomic mass is 9.91. The van der Waals surface area contributed by atoms with Gasteiger partial charge >= 0.3 is 5.97 Å². The van der Waals surface area contributed by atoms with Crippen molar-refractivity contribution in [1.29, 1.82) is 0 Å². The van der Waals surface area contributed by atoms with E-state index in [0.717, 1.165) is 12.2 Å². The zero-order valence-corrected chi connectivity index (χ0v) is 14.4. The van der Waals surface area contributed by atoms with E-state index in [2.05, 4.69) is 5.10 Å². The number of likely N-dealkylation sites (N-methyl/N-ethyl adjacent to an activating group) is 1. The summed E-state index contributed by atoms with van der Waals surface area (Å²) < 4.78 is 6.20. The molecular weight excluding hydrogens is 282 g/mol. The van der Waals surface area contributed by atoms with Crippen molar-refractivity contribution in [3.05, 3.63) is 28.2 Å². The predicted molar refractivity (Wildman–Crippen MR) is 85.9 cm³/mol. The van der Waals surface area contributed by atoms with Crippen molar-refractivity contribution in [2.24, 2.45) is 5.92 Å². The van der Waals surface area contributed by atoms with Gasteiger partial charge in [-0.15, -0.1) is 0 Å². The zero-order chi connectivity index (χ0) is 16.9. The Morgan fingerprint density at radius 1 is 1.41 bits per heavy atom. The summed E-state index contributed by atoms with van der Waals surface area (Å²) in [7, 11) is 5.29. The molecule has 1 rings (SSSR count). The fourth-order valence-corrected chi connectivity index (χ4v) is 2.55. The van der Waals surface area contributed by atoms with Gasteiger partial charge in [0.05, 0.1) is 12.8 Å². The van der Waals surface area contributed by atoms with Gasteiger partial charge in [-0.2, -0.15) is 5.10 Å². The van der Waals surface area contributed by atoms with Gasteiger partial charge < -0.3 is 9.64 Å². The van der Waals surface area contributed by atoms with Crippen LogP contribution in [-0.2, 0) is 21.5 Å². The lowest BCUT2D eigenvalue weighted by Gasteiger charge is -2.29. The minimum absolute atomic E-state index is 0.225. The van der Waals surface area contributed by atoms with Crippen LogP contribution in [0, 0.1) is 5.92 Å². The standard InChI is InChI=1S/C16H27N3O3/c1-12(2)11-16(3,15(21)22-6)19-14(20)8-7-13(17-19)9-10-18(4)5/h7-8,12H,9-11H2,1-6H3/t16-/m0/s1. The number of methoxy groups -OCH3 is 1. The van der Waals surface area contributed by atoms with Gasteiger partial charge in [0.1, 0.15) is 0 Å². The molecule has 1 aromatic rings. The maximum absolute atomic E-state index is 12.3. The Bertz CT molecular complexity index is 566. The third-order valence-electron chi connectivity index (χ3n) is 3.57. The first-order valence-corrected chi connectivity index (χ1v) is 7.53. The second-order valence-corrected chi connectivity index (χ2v) is 6.49. The van der Waals surface area contributed by atoms with Crippen LogP contribution < -0.4 is 5.56 Å². The van der Waals surface area contributed by atoms with Gasteiger partial charge in [0, 0.05) is 19.0 Å². The van der Waals surface area contributed by atoms with Crippen molar-refractivity contribution >= 4 is 5.97 Å². The fraction of sp³-hybridized carbons (Fsp3) is 0.688. The molecule has 0 spiro atoms. The van der Waals surface area contributed by atoms with E-state index in [0.29, 0.717) is 12.8 Å². The van der Waals surface area contributed by atoms with E-state index >= 15 is 0 Å². The summed E-state index contributed by atoms with van der Waals surface area (Å²) >= 11 is 0. The van der Waals surface area contributed by atoms with Crippen molar-refractivity contribution in [2.75, 3.05) is 27.7 Å². The van der Waals surface area contributed by atoms with Crippen LogP contribution in [0.15, 0.2) is 16.9 Å². The van der Waals surface area contributed by atoms with Gasteiger partial charge in [0.2, 0.25) is 0 Å². The largest absolute Gasteiger partial charge is 0.467 e. The molecule has 1 heterocycles. The molecule has 0 saturated carbocycles. The van der Waals surface area contributed by atoms with Crippen LogP contribution in [0.4, 0.5) is 0 Å². The number of rotatable bonds is 7. The van der Waals surface area contributed by atoms with Gasteiger partial charge in [0.15, 0.2) is 5.54 Å². The topological polar surface area (TPSA) is 64.4 Å². The smallest absolute Gasteiger partial charge is 0.333 e. The van der Waals surface area contributed by atoms with Crippen LogP contribution in [0.3, 0.4) is 0 Å². The van der Waals surface area contributed by atoms with Gasteiger partial charge in [-0.1, -0.05) is 13.8 Å². The summed E-state index contributed by atoms with van der Waals surface area (Å²) in [5, 5.41) is 4.42. The third-order valence-corrected chi connectivity index (χ3v) is 3.57. The number of hydrogen-bond donors (Lipinski definition) is 0. The second-order valence-electron chi connectivity index (χ2n) is 6.49. The molecule has 0 N–H and O–H groups in total. The Balaban J connectivity index is 3.26. The third kappa shape index (κ3) is 4.40. The molecule has 1 aromatic heterocycles. The summed E-state index contributed by atoms with van der Waals surface area (Å²) in [5.74, 6) is -0.219. The summed E-state index contributed by atoms with van der Waals surface area (Å²) in [4.78, 5) is 26.6. The molecule has 0 aliphatic heterocycles. The van der Waals surface area contributed by atoms with Crippen molar-refractivity contribution in [1.82, 2.24) is 14.7 Å². The van der Waals surface area contributed by atoms with E-state index in [1.54, 1.807) is 13.0 Å². The minimum Gasteiger partial charge on any atom is -0.467 e. The second kappa shape index (κ2) is 7.54. The highest BCUT2D eigenvalue weighted by Crippen LogP contribution is 2.24. The molecule has 0 aliphatic carbocycles. The highest BCUT2D eigenvalue weighted by Gasteiger charge is 2.39. The number of carbonyl (C=O) groups is 1. The summed E-state index contributed by atoms with van der Waals surface area (Å²) in [6.45, 7) is 6.54. The monoisotopic (exact) mass is 309 g/mol. The lowest BCUT2D eigenvalue weighted by molar-refractivity contribution is -0.152. The minimum atomic E-state index is -1.09. The van der Waals surface area contributed by atoms with Crippen LogP contribution in [0.2, 0.25) is 0 Å². The number of ether oxygens (including phenoxy) is 1. The number of nitrogens with zero attached hydrogens (tertiary/aromatic N) is 3. The molecule has 22 heavy (non-hydrogen) atoms. The van der Waals surface area contributed by atoms with E-state index in [-0.39, 0.29) is 11.5 Å². The van der Waals surface area contributed by atoms with Crippen molar-refractivity contribution in [3.63, 3.8) is 0 Å². The first-order chi connectivity index (χ1) is 10.2. The highest BCUT2D eigenvalue weighted by atomic mass is 16.5. The van der Waals surface area contributed by atoms with Crippen LogP contribution in [0.5, 0.6) is 0 Å². The van der Waals surface area contributed by atoms with Gasteiger partial charge in [0.25, 0.3) is 5.56 Å². The molecule has 124 valence electrons. The number of aromatic nitrogens is 2. The average molecular weight is 309 g/mol. The molecule has 0 saturated heterocycles. The SMILES string of the molecule is COC(=O)[C@](C)(CC(C)C)n1nc(CCN(C)C)ccc1=O. The zero-order valence-electron chi connectivity index (χ0n) is 14.4. The summed E-state index contributed by atoms with van der Waals surface area (Å²) in [5.41, 5.74) is -0.594. The average Bonchev–Trinajstić information content (AvgIpc) is 2.44. The number of hydrogen-bond acceptors (Lipinski definition) is 5. The molecule has 6 nitrogen and oxygen atoms in total. The first-order valence-electron chi connectivity index (χ1n) is 7.53. The van der Waals surface area contributed by atoms with Crippen molar-refractivity contribution in [3.8, 4) is 0 Å². The molecule has 0 bridgehead atoms. The molecule has 0 radical (unpaired) electrons. The fourth-order valence-electron chi connectivity index (χ4n) is 2.55. The van der Waals surface area contributed by atoms with Gasteiger partial charge in [-0.3, -0.25) is 4.79 Å². The quantitative estimate of drug-likeness (QED) is 0.710. The van der Waals surface area contributed by atoms with Crippen LogP contribution in [0.25, 0.3) is 0 Å². The molecule has 0 fully saturated rings. The molecule has 1 atom stereocenters. The van der Waals surface area contributed by atoms with Crippen LogP contribution in [-0.4, -0.2) is 48.4 Å². The Hall–Kier alpha value is -1.69. The normalized spacial score (nSPS) is 14.2.